The van der Waals surface area contributed by atoms with Gasteiger partial charge in [0.25, 0.3) is 0 Å². The Labute approximate surface area is 102 Å². The van der Waals surface area contributed by atoms with Crippen LogP contribution in [0.3, 0.4) is 0 Å². The molecule has 1 unspecified atom stereocenters. The fourth-order valence-electron chi connectivity index (χ4n) is 2.07. The summed E-state index contributed by atoms with van der Waals surface area (Å²) in [5, 5.41) is 8.86. The summed E-state index contributed by atoms with van der Waals surface area (Å²) in [5.74, 6) is 0.0265. The molecule has 0 fully saturated rings. The standard InChI is InChI=1S/C14H20O3/c1-5-17-14-11(4)6-9(2)7-12(14)10(3)8-13(15)16/h6-7,10H,5,8H2,1-4H3,(H,15,16). The highest BCUT2D eigenvalue weighted by atomic mass is 16.5. The third-order valence-corrected chi connectivity index (χ3v) is 2.75. The summed E-state index contributed by atoms with van der Waals surface area (Å²) in [7, 11) is 0. The zero-order chi connectivity index (χ0) is 13.0. The summed E-state index contributed by atoms with van der Waals surface area (Å²) in [6.45, 7) is 8.46. The molecule has 17 heavy (non-hydrogen) atoms. The minimum Gasteiger partial charge on any atom is -0.493 e. The van der Waals surface area contributed by atoms with Crippen molar-refractivity contribution in [3.63, 3.8) is 0 Å². The molecular formula is C14H20O3. The molecule has 1 atom stereocenters. The number of ether oxygens (including phenoxy) is 1. The minimum atomic E-state index is -0.779. The van der Waals surface area contributed by atoms with Crippen LogP contribution in [-0.2, 0) is 4.79 Å². The van der Waals surface area contributed by atoms with E-state index in [1.807, 2.05) is 33.8 Å². The van der Waals surface area contributed by atoms with E-state index in [1.54, 1.807) is 0 Å². The molecule has 1 N–H and O–H groups in total. The number of benzene rings is 1. The molecule has 0 aliphatic rings. The van der Waals surface area contributed by atoms with Crippen molar-refractivity contribution in [1.82, 2.24) is 0 Å². The van der Waals surface area contributed by atoms with Crippen molar-refractivity contribution in [2.45, 2.75) is 40.0 Å². The Hall–Kier alpha value is -1.51. The third-order valence-electron chi connectivity index (χ3n) is 2.75. The van der Waals surface area contributed by atoms with Crippen LogP contribution in [0.2, 0.25) is 0 Å². The molecule has 0 radical (unpaired) electrons. The monoisotopic (exact) mass is 236 g/mol. The van der Waals surface area contributed by atoms with Gasteiger partial charge in [-0.3, -0.25) is 4.79 Å². The van der Waals surface area contributed by atoms with E-state index < -0.39 is 5.97 Å². The first-order chi connectivity index (χ1) is 7.95. The molecule has 0 heterocycles. The SMILES string of the molecule is CCOc1c(C)cc(C)cc1C(C)CC(=O)O. The van der Waals surface area contributed by atoms with E-state index in [2.05, 4.69) is 6.07 Å². The second-order valence-corrected chi connectivity index (χ2v) is 4.43. The van der Waals surface area contributed by atoms with E-state index in [9.17, 15) is 4.79 Å². The number of carbonyl (C=O) groups is 1. The summed E-state index contributed by atoms with van der Waals surface area (Å²) in [4.78, 5) is 10.8. The molecule has 3 heteroatoms. The van der Waals surface area contributed by atoms with Gasteiger partial charge in [0.2, 0.25) is 0 Å². The Morgan fingerprint density at radius 3 is 2.59 bits per heavy atom. The van der Waals surface area contributed by atoms with E-state index in [0.717, 1.165) is 22.4 Å². The Morgan fingerprint density at radius 2 is 2.06 bits per heavy atom. The van der Waals surface area contributed by atoms with Crippen molar-refractivity contribution in [2.75, 3.05) is 6.61 Å². The second-order valence-electron chi connectivity index (χ2n) is 4.43. The molecule has 3 nitrogen and oxygen atoms in total. The number of hydrogen-bond donors (Lipinski definition) is 1. The number of aryl methyl sites for hydroxylation is 2. The molecular weight excluding hydrogens is 216 g/mol. The molecule has 1 rings (SSSR count). The Kier molecular flexibility index (Phi) is 4.55. The fraction of sp³-hybridized carbons (Fsp3) is 0.500. The molecule has 0 amide bonds. The van der Waals surface area contributed by atoms with Gasteiger partial charge in [-0.15, -0.1) is 0 Å². The number of hydrogen-bond acceptors (Lipinski definition) is 2. The lowest BCUT2D eigenvalue weighted by Gasteiger charge is -2.18. The molecule has 0 bridgehead atoms. The summed E-state index contributed by atoms with van der Waals surface area (Å²) >= 11 is 0. The lowest BCUT2D eigenvalue weighted by Crippen LogP contribution is -2.07. The molecule has 0 aromatic heterocycles. The first-order valence-corrected chi connectivity index (χ1v) is 5.91. The van der Waals surface area contributed by atoms with Crippen LogP contribution in [0, 0.1) is 13.8 Å². The van der Waals surface area contributed by atoms with Crippen molar-refractivity contribution >= 4 is 5.97 Å². The molecule has 1 aromatic rings. The Morgan fingerprint density at radius 1 is 1.41 bits per heavy atom. The molecule has 0 spiro atoms. The van der Waals surface area contributed by atoms with Gasteiger partial charge in [-0.25, -0.2) is 0 Å². The minimum absolute atomic E-state index is 0.0346. The van der Waals surface area contributed by atoms with E-state index in [0.29, 0.717) is 6.61 Å². The predicted octanol–water partition coefficient (Wildman–Crippen LogP) is 3.28. The van der Waals surface area contributed by atoms with Gasteiger partial charge in [-0.05, 0) is 37.8 Å². The topological polar surface area (TPSA) is 46.5 Å². The van der Waals surface area contributed by atoms with Crippen molar-refractivity contribution in [3.8, 4) is 5.75 Å². The number of carboxylic acids is 1. The van der Waals surface area contributed by atoms with Gasteiger partial charge >= 0.3 is 5.97 Å². The molecule has 1 aromatic carbocycles. The third kappa shape index (κ3) is 3.48. The summed E-state index contributed by atoms with van der Waals surface area (Å²) in [5.41, 5.74) is 3.20. The maximum absolute atomic E-state index is 10.8. The molecule has 0 saturated heterocycles. The molecule has 0 aliphatic carbocycles. The predicted molar refractivity (Wildman–Crippen MR) is 67.8 cm³/mol. The van der Waals surface area contributed by atoms with Crippen molar-refractivity contribution in [3.05, 3.63) is 28.8 Å². The number of rotatable bonds is 5. The van der Waals surface area contributed by atoms with E-state index in [4.69, 9.17) is 9.84 Å². The van der Waals surface area contributed by atoms with Crippen LogP contribution >= 0.6 is 0 Å². The van der Waals surface area contributed by atoms with E-state index in [1.165, 1.54) is 0 Å². The van der Waals surface area contributed by atoms with Gasteiger partial charge in [0.05, 0.1) is 13.0 Å². The highest BCUT2D eigenvalue weighted by Gasteiger charge is 2.17. The van der Waals surface area contributed by atoms with Crippen LogP contribution < -0.4 is 4.74 Å². The average Bonchev–Trinajstić information content (AvgIpc) is 2.20. The van der Waals surface area contributed by atoms with Crippen LogP contribution in [0.15, 0.2) is 12.1 Å². The number of aliphatic carboxylic acids is 1. The first-order valence-electron chi connectivity index (χ1n) is 5.91. The van der Waals surface area contributed by atoms with Crippen LogP contribution in [-0.4, -0.2) is 17.7 Å². The van der Waals surface area contributed by atoms with Crippen molar-refractivity contribution < 1.29 is 14.6 Å². The number of carboxylic acid groups (broad SMARTS) is 1. The maximum Gasteiger partial charge on any atom is 0.303 e. The lowest BCUT2D eigenvalue weighted by atomic mass is 9.93. The van der Waals surface area contributed by atoms with Crippen LogP contribution in [0.4, 0.5) is 0 Å². The van der Waals surface area contributed by atoms with Crippen molar-refractivity contribution in [1.29, 1.82) is 0 Å². The van der Waals surface area contributed by atoms with Gasteiger partial charge < -0.3 is 9.84 Å². The van der Waals surface area contributed by atoms with Crippen LogP contribution in [0.1, 0.15) is 42.9 Å². The lowest BCUT2D eigenvalue weighted by molar-refractivity contribution is -0.137. The van der Waals surface area contributed by atoms with E-state index >= 15 is 0 Å². The Bertz CT molecular complexity index is 410. The average molecular weight is 236 g/mol. The Balaban J connectivity index is 3.14. The van der Waals surface area contributed by atoms with Crippen LogP contribution in [0.5, 0.6) is 5.75 Å². The van der Waals surface area contributed by atoms with Crippen molar-refractivity contribution in [2.24, 2.45) is 0 Å². The molecule has 0 saturated carbocycles. The summed E-state index contributed by atoms with van der Waals surface area (Å²) in [6.07, 6.45) is 0.128. The maximum atomic E-state index is 10.8. The zero-order valence-corrected chi connectivity index (χ0v) is 10.9. The summed E-state index contributed by atoms with van der Waals surface area (Å²) < 4.78 is 5.63. The van der Waals surface area contributed by atoms with Gasteiger partial charge in [0, 0.05) is 0 Å². The first kappa shape index (κ1) is 13.6. The van der Waals surface area contributed by atoms with Gasteiger partial charge in [-0.2, -0.15) is 0 Å². The highest BCUT2D eigenvalue weighted by Crippen LogP contribution is 2.33. The molecule has 0 aliphatic heterocycles. The fourth-order valence-corrected chi connectivity index (χ4v) is 2.07. The quantitative estimate of drug-likeness (QED) is 0.853. The van der Waals surface area contributed by atoms with Gasteiger partial charge in [-0.1, -0.05) is 24.6 Å². The zero-order valence-electron chi connectivity index (χ0n) is 10.9. The normalized spacial score (nSPS) is 12.2. The van der Waals surface area contributed by atoms with Gasteiger partial charge in [0.15, 0.2) is 0 Å². The highest BCUT2D eigenvalue weighted by molar-refractivity contribution is 5.68. The van der Waals surface area contributed by atoms with E-state index in [-0.39, 0.29) is 12.3 Å². The summed E-state index contributed by atoms with van der Waals surface area (Å²) in [6, 6.07) is 4.08. The smallest absolute Gasteiger partial charge is 0.303 e. The second kappa shape index (κ2) is 5.71. The van der Waals surface area contributed by atoms with Gasteiger partial charge in [0.1, 0.15) is 5.75 Å². The largest absolute Gasteiger partial charge is 0.493 e. The van der Waals surface area contributed by atoms with Crippen LogP contribution in [0.25, 0.3) is 0 Å². The molecule has 94 valence electrons.